The summed E-state index contributed by atoms with van der Waals surface area (Å²) in [6, 6.07) is 6.35. The fraction of sp³-hybridized carbons (Fsp3) is 0.611. The van der Waals surface area contributed by atoms with Crippen LogP contribution in [0.5, 0.6) is 0 Å². The molecule has 0 spiro atoms. The minimum atomic E-state index is -0.355. The Bertz CT molecular complexity index is 478. The molecule has 1 saturated carbocycles. The highest BCUT2D eigenvalue weighted by molar-refractivity contribution is 5.93. The van der Waals surface area contributed by atoms with Crippen molar-refractivity contribution in [2.45, 2.75) is 65.0 Å². The molecule has 1 amide bonds. The van der Waals surface area contributed by atoms with E-state index < -0.39 is 0 Å². The summed E-state index contributed by atoms with van der Waals surface area (Å²) in [5.41, 5.74) is 8.31. The number of benzene rings is 1. The van der Waals surface area contributed by atoms with Gasteiger partial charge in [0.2, 0.25) is 5.91 Å². The van der Waals surface area contributed by atoms with E-state index in [-0.39, 0.29) is 5.91 Å². The van der Waals surface area contributed by atoms with Crippen LogP contribution in [0.15, 0.2) is 18.2 Å². The molecule has 0 bridgehead atoms. The van der Waals surface area contributed by atoms with Crippen LogP contribution in [0.2, 0.25) is 0 Å². The fourth-order valence-corrected chi connectivity index (χ4v) is 3.47. The molecular formula is C18H28N2O. The molecule has 0 heterocycles. The third-order valence-corrected chi connectivity index (χ3v) is 4.84. The molecule has 2 rings (SSSR count). The summed E-state index contributed by atoms with van der Waals surface area (Å²) in [5, 5.41) is 3.73. The van der Waals surface area contributed by atoms with E-state index in [1.807, 2.05) is 25.1 Å². The first-order valence-corrected chi connectivity index (χ1v) is 8.24. The lowest BCUT2D eigenvalue weighted by atomic mass is 9.83. The van der Waals surface area contributed by atoms with E-state index in [1.165, 1.54) is 44.1 Å². The second-order valence-electron chi connectivity index (χ2n) is 6.30. The molecule has 1 aromatic carbocycles. The number of nitrogens with one attached hydrogen (secondary N) is 1. The Morgan fingerprint density at radius 1 is 1.33 bits per heavy atom. The van der Waals surface area contributed by atoms with Crippen LogP contribution in [0.25, 0.3) is 0 Å². The third-order valence-electron chi connectivity index (χ3n) is 4.84. The predicted octanol–water partition coefficient (Wildman–Crippen LogP) is 3.54. The second kappa shape index (κ2) is 7.60. The zero-order valence-corrected chi connectivity index (χ0v) is 13.3. The van der Waals surface area contributed by atoms with E-state index >= 15 is 0 Å². The number of rotatable bonds is 6. The van der Waals surface area contributed by atoms with Gasteiger partial charge in [-0.05, 0) is 55.4 Å². The molecule has 1 aliphatic rings. The second-order valence-corrected chi connectivity index (χ2v) is 6.30. The van der Waals surface area contributed by atoms with Crippen molar-refractivity contribution in [3.63, 3.8) is 0 Å². The minimum absolute atomic E-state index is 0.355. The van der Waals surface area contributed by atoms with Gasteiger partial charge in [-0.15, -0.1) is 0 Å². The van der Waals surface area contributed by atoms with Gasteiger partial charge in [0.05, 0.1) is 0 Å². The number of aryl methyl sites for hydroxylation is 1. The van der Waals surface area contributed by atoms with E-state index in [4.69, 9.17) is 5.73 Å². The topological polar surface area (TPSA) is 55.1 Å². The molecule has 3 nitrogen and oxygen atoms in total. The van der Waals surface area contributed by atoms with Gasteiger partial charge in [0.25, 0.3) is 0 Å². The van der Waals surface area contributed by atoms with Crippen LogP contribution in [0.3, 0.4) is 0 Å². The molecule has 1 unspecified atom stereocenters. The Labute approximate surface area is 128 Å². The first-order chi connectivity index (χ1) is 10.1. The molecule has 21 heavy (non-hydrogen) atoms. The highest BCUT2D eigenvalue weighted by Crippen LogP contribution is 2.28. The van der Waals surface area contributed by atoms with Crippen molar-refractivity contribution in [1.82, 2.24) is 5.32 Å². The van der Waals surface area contributed by atoms with Crippen molar-refractivity contribution >= 4 is 5.91 Å². The van der Waals surface area contributed by atoms with Crippen molar-refractivity contribution in [2.75, 3.05) is 0 Å². The van der Waals surface area contributed by atoms with E-state index in [0.29, 0.717) is 11.6 Å². The van der Waals surface area contributed by atoms with Gasteiger partial charge in [-0.3, -0.25) is 4.79 Å². The highest BCUT2D eigenvalue weighted by atomic mass is 16.1. The van der Waals surface area contributed by atoms with Crippen LogP contribution >= 0.6 is 0 Å². The molecular weight excluding hydrogens is 260 g/mol. The Kier molecular flexibility index (Phi) is 5.80. The maximum Gasteiger partial charge on any atom is 0.248 e. The zero-order chi connectivity index (χ0) is 15.2. The number of nitrogens with two attached hydrogens (primary N) is 1. The Morgan fingerprint density at radius 3 is 2.62 bits per heavy atom. The number of carbonyl (C=O) groups is 1. The van der Waals surface area contributed by atoms with E-state index in [2.05, 4.69) is 12.2 Å². The molecule has 3 N–H and O–H groups in total. The van der Waals surface area contributed by atoms with Crippen LogP contribution in [0, 0.1) is 12.8 Å². The van der Waals surface area contributed by atoms with Crippen molar-refractivity contribution < 1.29 is 4.79 Å². The normalized spacial score (nSPS) is 17.6. The monoisotopic (exact) mass is 288 g/mol. The molecule has 1 aliphatic carbocycles. The fourth-order valence-electron chi connectivity index (χ4n) is 3.47. The van der Waals surface area contributed by atoms with Crippen LogP contribution < -0.4 is 11.1 Å². The molecule has 1 fully saturated rings. The summed E-state index contributed by atoms with van der Waals surface area (Å²) >= 11 is 0. The van der Waals surface area contributed by atoms with Gasteiger partial charge in [-0.25, -0.2) is 0 Å². The summed E-state index contributed by atoms with van der Waals surface area (Å²) < 4.78 is 0. The van der Waals surface area contributed by atoms with Crippen molar-refractivity contribution in [2.24, 2.45) is 11.7 Å². The SMILES string of the molecule is CCC(NCc1ccc(C(N)=O)cc1C)C1CCCCC1. The lowest BCUT2D eigenvalue weighted by Gasteiger charge is -2.30. The highest BCUT2D eigenvalue weighted by Gasteiger charge is 2.21. The van der Waals surface area contributed by atoms with Gasteiger partial charge < -0.3 is 11.1 Å². The maximum absolute atomic E-state index is 11.2. The molecule has 3 heteroatoms. The van der Waals surface area contributed by atoms with Crippen molar-refractivity contribution in [3.05, 3.63) is 34.9 Å². The molecule has 0 aliphatic heterocycles. The lowest BCUT2D eigenvalue weighted by Crippen LogP contribution is -2.36. The van der Waals surface area contributed by atoms with Gasteiger partial charge in [0.15, 0.2) is 0 Å². The van der Waals surface area contributed by atoms with Crippen molar-refractivity contribution in [3.8, 4) is 0 Å². The van der Waals surface area contributed by atoms with Crippen LogP contribution in [0.4, 0.5) is 0 Å². The van der Waals surface area contributed by atoms with Gasteiger partial charge >= 0.3 is 0 Å². The summed E-state index contributed by atoms with van der Waals surface area (Å²) in [6.07, 6.45) is 8.09. The minimum Gasteiger partial charge on any atom is -0.366 e. The molecule has 116 valence electrons. The summed E-state index contributed by atoms with van der Waals surface area (Å²) in [4.78, 5) is 11.2. The Balaban J connectivity index is 1.96. The Morgan fingerprint density at radius 2 is 2.05 bits per heavy atom. The van der Waals surface area contributed by atoms with Gasteiger partial charge in [0.1, 0.15) is 0 Å². The maximum atomic E-state index is 11.2. The zero-order valence-electron chi connectivity index (χ0n) is 13.3. The number of amides is 1. The first-order valence-electron chi connectivity index (χ1n) is 8.24. The van der Waals surface area contributed by atoms with Crippen LogP contribution in [-0.4, -0.2) is 11.9 Å². The molecule has 1 aromatic rings. The average molecular weight is 288 g/mol. The number of primary amides is 1. The van der Waals surface area contributed by atoms with Gasteiger partial charge in [-0.1, -0.05) is 32.3 Å². The predicted molar refractivity (Wildman–Crippen MR) is 87.2 cm³/mol. The van der Waals surface area contributed by atoms with E-state index in [1.54, 1.807) is 0 Å². The largest absolute Gasteiger partial charge is 0.366 e. The molecule has 0 saturated heterocycles. The van der Waals surface area contributed by atoms with Crippen molar-refractivity contribution in [1.29, 1.82) is 0 Å². The third kappa shape index (κ3) is 4.31. The number of carbonyl (C=O) groups excluding carboxylic acids is 1. The number of hydrogen-bond donors (Lipinski definition) is 2. The molecule has 0 aromatic heterocycles. The number of hydrogen-bond acceptors (Lipinski definition) is 2. The van der Waals surface area contributed by atoms with E-state index in [0.717, 1.165) is 18.0 Å². The molecule has 1 atom stereocenters. The first kappa shape index (κ1) is 16.0. The summed E-state index contributed by atoms with van der Waals surface area (Å²) in [6.45, 7) is 5.19. The lowest BCUT2D eigenvalue weighted by molar-refractivity contribution is 0.1000. The van der Waals surface area contributed by atoms with Gasteiger partial charge in [-0.2, -0.15) is 0 Å². The average Bonchev–Trinajstić information content (AvgIpc) is 2.50. The summed E-state index contributed by atoms with van der Waals surface area (Å²) in [7, 11) is 0. The quantitative estimate of drug-likeness (QED) is 0.841. The van der Waals surface area contributed by atoms with E-state index in [9.17, 15) is 4.79 Å². The smallest absolute Gasteiger partial charge is 0.248 e. The van der Waals surface area contributed by atoms with Gasteiger partial charge in [0, 0.05) is 18.2 Å². The van der Waals surface area contributed by atoms with Crippen LogP contribution in [0.1, 0.15) is 66.9 Å². The van der Waals surface area contributed by atoms with Crippen LogP contribution in [-0.2, 0) is 6.54 Å². The Hall–Kier alpha value is -1.35. The molecule has 0 radical (unpaired) electrons. The summed E-state index contributed by atoms with van der Waals surface area (Å²) in [5.74, 6) is 0.472. The standard InChI is InChI=1S/C18H28N2O/c1-3-17(14-7-5-4-6-8-14)20-12-16-10-9-15(18(19)21)11-13(16)2/h9-11,14,17,20H,3-8,12H2,1-2H3,(H2,19,21).